The molecule has 0 unspecified atom stereocenters. The van der Waals surface area contributed by atoms with E-state index in [1.165, 1.54) is 4.90 Å². The fourth-order valence-electron chi connectivity index (χ4n) is 3.31. The molecule has 2 heterocycles. The smallest absolute Gasteiger partial charge is 0.312 e. The molecule has 2 aliphatic rings. The summed E-state index contributed by atoms with van der Waals surface area (Å²) in [7, 11) is 0. The highest BCUT2D eigenvalue weighted by Gasteiger charge is 2.38. The van der Waals surface area contributed by atoms with E-state index >= 15 is 0 Å². The van der Waals surface area contributed by atoms with E-state index in [2.05, 4.69) is 0 Å². The number of aliphatic carboxylic acids is 1. The fraction of sp³-hybridized carbons (Fsp3) is 0.556. The van der Waals surface area contributed by atoms with Gasteiger partial charge in [0, 0.05) is 18.8 Å². The van der Waals surface area contributed by atoms with E-state index in [0.717, 1.165) is 25.9 Å². The van der Waals surface area contributed by atoms with Crippen molar-refractivity contribution in [3.8, 4) is 0 Å². The predicted octanol–water partition coefficient (Wildman–Crippen LogP) is 2.18. The molecule has 0 saturated carbocycles. The minimum absolute atomic E-state index is 0.0478. The summed E-state index contributed by atoms with van der Waals surface area (Å²) in [6.45, 7) is 3.00. The Morgan fingerprint density at radius 1 is 1.38 bits per heavy atom. The third-order valence-electron chi connectivity index (χ3n) is 4.69. The summed E-state index contributed by atoms with van der Waals surface area (Å²) in [5.41, 5.74) is 1.35. The van der Waals surface area contributed by atoms with E-state index in [9.17, 15) is 14.7 Å². The van der Waals surface area contributed by atoms with Crippen molar-refractivity contribution in [2.45, 2.75) is 44.3 Å². The first-order valence-electron chi connectivity index (χ1n) is 8.44. The lowest BCUT2D eigenvalue weighted by Gasteiger charge is -2.26. The van der Waals surface area contributed by atoms with Crippen molar-refractivity contribution in [1.29, 1.82) is 0 Å². The molecule has 1 N–H and O–H groups in total. The highest BCUT2D eigenvalue weighted by Crippen LogP contribution is 2.36. The van der Waals surface area contributed by atoms with Gasteiger partial charge in [-0.15, -0.1) is 0 Å². The third kappa shape index (κ3) is 3.44. The number of para-hydroxylation sites is 1. The molecule has 1 amide bonds. The number of ether oxygens (including phenoxy) is 2. The summed E-state index contributed by atoms with van der Waals surface area (Å²) in [5.74, 6) is -1.80. The van der Waals surface area contributed by atoms with Gasteiger partial charge in [-0.2, -0.15) is 0 Å². The quantitative estimate of drug-likeness (QED) is 0.894. The Labute approximate surface area is 141 Å². The van der Waals surface area contributed by atoms with Crippen LogP contribution in [0.3, 0.4) is 0 Å². The van der Waals surface area contributed by atoms with Crippen molar-refractivity contribution in [3.63, 3.8) is 0 Å². The number of benzene rings is 1. The molecule has 1 saturated heterocycles. The van der Waals surface area contributed by atoms with Gasteiger partial charge in [-0.25, -0.2) is 0 Å². The van der Waals surface area contributed by atoms with Gasteiger partial charge >= 0.3 is 5.97 Å². The maximum Gasteiger partial charge on any atom is 0.312 e. The molecule has 6 heteroatoms. The molecule has 0 aliphatic carbocycles. The van der Waals surface area contributed by atoms with E-state index in [0.29, 0.717) is 17.9 Å². The molecule has 1 aromatic rings. The molecular formula is C18H23NO5. The van der Waals surface area contributed by atoms with E-state index < -0.39 is 18.0 Å². The SMILES string of the molecule is C[C@H](OC[C@@H]1CCCCO1)C(=O)N1C[C@H](C(=O)O)c2ccccc21. The molecule has 0 bridgehead atoms. The van der Waals surface area contributed by atoms with Crippen LogP contribution in [0.1, 0.15) is 37.7 Å². The Kier molecular flexibility index (Phi) is 5.16. The number of carboxylic acids is 1. The summed E-state index contributed by atoms with van der Waals surface area (Å²) in [4.78, 5) is 25.7. The second-order valence-corrected chi connectivity index (χ2v) is 6.36. The number of hydrogen-bond donors (Lipinski definition) is 1. The van der Waals surface area contributed by atoms with Crippen molar-refractivity contribution in [1.82, 2.24) is 0 Å². The molecule has 0 radical (unpaired) electrons. The minimum atomic E-state index is -0.915. The Bertz CT molecular complexity index is 611. The number of hydrogen-bond acceptors (Lipinski definition) is 4. The minimum Gasteiger partial charge on any atom is -0.481 e. The Morgan fingerprint density at radius 3 is 2.88 bits per heavy atom. The van der Waals surface area contributed by atoms with Gasteiger partial charge in [-0.1, -0.05) is 18.2 Å². The Balaban J connectivity index is 1.65. The topological polar surface area (TPSA) is 76.1 Å². The zero-order valence-corrected chi connectivity index (χ0v) is 13.8. The van der Waals surface area contributed by atoms with Crippen LogP contribution in [0, 0.1) is 0 Å². The van der Waals surface area contributed by atoms with Gasteiger partial charge in [-0.3, -0.25) is 9.59 Å². The zero-order chi connectivity index (χ0) is 17.1. The summed E-state index contributed by atoms with van der Waals surface area (Å²) in [6, 6.07) is 7.16. The van der Waals surface area contributed by atoms with Gasteiger partial charge in [0.2, 0.25) is 0 Å². The number of carbonyl (C=O) groups is 2. The normalized spacial score (nSPS) is 24.5. The number of anilines is 1. The van der Waals surface area contributed by atoms with E-state index in [1.807, 2.05) is 6.07 Å². The average Bonchev–Trinajstić information content (AvgIpc) is 3.00. The second-order valence-electron chi connectivity index (χ2n) is 6.36. The summed E-state index contributed by atoms with van der Waals surface area (Å²) in [6.07, 6.45) is 2.57. The third-order valence-corrected chi connectivity index (χ3v) is 4.69. The van der Waals surface area contributed by atoms with Crippen LogP contribution in [0.2, 0.25) is 0 Å². The summed E-state index contributed by atoms with van der Waals surface area (Å²) >= 11 is 0. The molecular weight excluding hydrogens is 310 g/mol. The van der Waals surface area contributed by atoms with E-state index in [1.54, 1.807) is 25.1 Å². The molecule has 130 valence electrons. The molecule has 0 spiro atoms. The number of amides is 1. The van der Waals surface area contributed by atoms with Gasteiger partial charge in [0.05, 0.1) is 12.7 Å². The van der Waals surface area contributed by atoms with Crippen LogP contribution in [0.25, 0.3) is 0 Å². The van der Waals surface area contributed by atoms with Gasteiger partial charge in [0.15, 0.2) is 0 Å². The molecule has 0 aromatic heterocycles. The number of carbonyl (C=O) groups excluding carboxylic acids is 1. The van der Waals surface area contributed by atoms with E-state index in [-0.39, 0.29) is 18.6 Å². The lowest BCUT2D eigenvalue weighted by Crippen LogP contribution is -2.40. The zero-order valence-electron chi connectivity index (χ0n) is 13.8. The monoisotopic (exact) mass is 333 g/mol. The van der Waals surface area contributed by atoms with Crippen molar-refractivity contribution in [3.05, 3.63) is 29.8 Å². The number of nitrogens with zero attached hydrogens (tertiary/aromatic N) is 1. The fourth-order valence-corrected chi connectivity index (χ4v) is 3.31. The maximum absolute atomic E-state index is 12.7. The standard InChI is InChI=1S/C18H23NO5/c1-12(24-11-13-6-4-5-9-23-13)17(20)19-10-15(18(21)22)14-7-2-3-8-16(14)19/h2-3,7-8,12-13,15H,4-6,9-11H2,1H3,(H,21,22)/t12-,13-,15-/m0/s1. The molecule has 3 rings (SSSR count). The first kappa shape index (κ1) is 16.9. The van der Waals surface area contributed by atoms with Gasteiger partial charge in [-0.05, 0) is 37.8 Å². The predicted molar refractivity (Wildman–Crippen MR) is 88.2 cm³/mol. The van der Waals surface area contributed by atoms with E-state index in [4.69, 9.17) is 9.47 Å². The van der Waals surface area contributed by atoms with Crippen LogP contribution in [-0.2, 0) is 19.1 Å². The van der Waals surface area contributed by atoms with Gasteiger partial charge < -0.3 is 19.5 Å². The molecule has 6 nitrogen and oxygen atoms in total. The number of fused-ring (bicyclic) bond motifs is 1. The Morgan fingerprint density at radius 2 is 2.17 bits per heavy atom. The van der Waals surface area contributed by atoms with Crippen LogP contribution in [0.15, 0.2) is 24.3 Å². The highest BCUT2D eigenvalue weighted by molar-refractivity contribution is 6.01. The van der Waals surface area contributed by atoms with Crippen molar-refractivity contribution in [2.75, 3.05) is 24.7 Å². The lowest BCUT2D eigenvalue weighted by atomic mass is 10.0. The molecule has 1 aromatic carbocycles. The second kappa shape index (κ2) is 7.32. The van der Waals surface area contributed by atoms with Crippen LogP contribution in [-0.4, -0.2) is 48.9 Å². The number of rotatable bonds is 5. The summed E-state index contributed by atoms with van der Waals surface area (Å²) < 4.78 is 11.3. The summed E-state index contributed by atoms with van der Waals surface area (Å²) in [5, 5.41) is 9.39. The van der Waals surface area contributed by atoms with Crippen LogP contribution in [0.4, 0.5) is 5.69 Å². The molecule has 24 heavy (non-hydrogen) atoms. The van der Waals surface area contributed by atoms with Crippen molar-refractivity contribution in [2.24, 2.45) is 0 Å². The van der Waals surface area contributed by atoms with Gasteiger partial charge in [0.25, 0.3) is 5.91 Å². The van der Waals surface area contributed by atoms with Crippen LogP contribution >= 0.6 is 0 Å². The van der Waals surface area contributed by atoms with Crippen LogP contribution < -0.4 is 4.90 Å². The molecule has 2 aliphatic heterocycles. The maximum atomic E-state index is 12.7. The Hall–Kier alpha value is -1.92. The number of carboxylic acid groups (broad SMARTS) is 1. The largest absolute Gasteiger partial charge is 0.481 e. The molecule has 1 fully saturated rings. The molecule has 3 atom stereocenters. The van der Waals surface area contributed by atoms with Crippen molar-refractivity contribution < 1.29 is 24.2 Å². The lowest BCUT2D eigenvalue weighted by molar-refractivity contribution is -0.138. The highest BCUT2D eigenvalue weighted by atomic mass is 16.5. The average molecular weight is 333 g/mol. The van der Waals surface area contributed by atoms with Crippen molar-refractivity contribution >= 4 is 17.6 Å². The van der Waals surface area contributed by atoms with Crippen LogP contribution in [0.5, 0.6) is 0 Å². The van der Waals surface area contributed by atoms with Gasteiger partial charge in [0.1, 0.15) is 12.0 Å². The first-order chi connectivity index (χ1) is 11.6. The first-order valence-corrected chi connectivity index (χ1v) is 8.44.